The zero-order chi connectivity index (χ0) is 20.9. The second-order valence-electron chi connectivity index (χ2n) is 8.54. The second kappa shape index (κ2) is 7.23. The molecule has 0 unspecified atom stereocenters. The highest BCUT2D eigenvalue weighted by atomic mass is 16.5. The molecule has 9 heteroatoms. The molecule has 2 aliphatic heterocycles. The molecule has 2 aromatic rings. The van der Waals surface area contributed by atoms with Gasteiger partial charge < -0.3 is 19.0 Å². The molecule has 2 aromatic heterocycles. The number of rotatable bonds is 2. The number of aryl methyl sites for hydroxylation is 2. The van der Waals surface area contributed by atoms with Gasteiger partial charge in [0, 0.05) is 44.1 Å². The Morgan fingerprint density at radius 3 is 2.47 bits per heavy atom. The van der Waals surface area contributed by atoms with Crippen molar-refractivity contribution in [1.82, 2.24) is 19.9 Å². The first-order valence-corrected chi connectivity index (χ1v) is 10.7. The maximum Gasteiger partial charge on any atom is 0.291 e. The number of hydrogen-bond donors (Lipinski definition) is 1. The molecular weight excluding hydrogens is 386 g/mol. The van der Waals surface area contributed by atoms with Gasteiger partial charge in [-0.3, -0.25) is 14.6 Å². The van der Waals surface area contributed by atoms with Crippen molar-refractivity contribution < 1.29 is 13.9 Å². The van der Waals surface area contributed by atoms with E-state index in [1.54, 1.807) is 13.8 Å². The summed E-state index contributed by atoms with van der Waals surface area (Å²) in [6, 6.07) is 0. The first kappa shape index (κ1) is 19.3. The number of morpholine rings is 1. The maximum atomic E-state index is 12.9. The van der Waals surface area contributed by atoms with E-state index in [1.165, 1.54) is 0 Å². The normalized spacial score (nSPS) is 20.6. The number of oxazole rings is 1. The second-order valence-corrected chi connectivity index (χ2v) is 8.54. The molecule has 9 nitrogen and oxygen atoms in total. The number of H-pyrrole nitrogens is 1. The van der Waals surface area contributed by atoms with Gasteiger partial charge in [-0.15, -0.1) is 0 Å². The molecule has 0 saturated carbocycles. The number of carbonyl (C=O) groups excluding carboxylic acids is 1. The van der Waals surface area contributed by atoms with Gasteiger partial charge in [-0.1, -0.05) is 0 Å². The van der Waals surface area contributed by atoms with Gasteiger partial charge in [0.05, 0.1) is 24.6 Å². The molecule has 1 spiro atoms. The van der Waals surface area contributed by atoms with Crippen LogP contribution in [-0.2, 0) is 16.6 Å². The third kappa shape index (κ3) is 3.12. The number of amides is 1. The molecule has 0 radical (unpaired) electrons. The van der Waals surface area contributed by atoms with Gasteiger partial charge in [-0.2, -0.15) is 0 Å². The summed E-state index contributed by atoms with van der Waals surface area (Å²) < 4.78 is 10.9. The number of nitrogens with zero attached hydrogens (tertiary/aromatic N) is 4. The molecule has 30 heavy (non-hydrogen) atoms. The van der Waals surface area contributed by atoms with Crippen LogP contribution < -0.4 is 10.5 Å². The molecule has 160 valence electrons. The SMILES string of the molecule is Cc1nc(C)c(C(=O)N2CCC3(CCc4c3nc(N3CCOCC3)[nH]c4=O)CC2)o1. The van der Waals surface area contributed by atoms with Crippen molar-refractivity contribution in [3.8, 4) is 0 Å². The fourth-order valence-corrected chi connectivity index (χ4v) is 5.06. The summed E-state index contributed by atoms with van der Waals surface area (Å²) in [5.41, 5.74) is 2.23. The van der Waals surface area contributed by atoms with Gasteiger partial charge >= 0.3 is 0 Å². The standard InChI is InChI=1S/C21H27N5O4/c1-13-16(30-14(2)22-13)19(28)25-7-5-21(6-8-25)4-3-15-17(21)23-20(24-18(15)27)26-9-11-29-12-10-26/h3-12H2,1-2H3,(H,23,24,27). The lowest BCUT2D eigenvalue weighted by Gasteiger charge is -2.39. The molecule has 5 rings (SSSR count). The van der Waals surface area contributed by atoms with Gasteiger partial charge in [-0.25, -0.2) is 9.97 Å². The Labute approximate surface area is 174 Å². The summed E-state index contributed by atoms with van der Waals surface area (Å²) in [4.78, 5) is 41.7. The molecule has 1 amide bonds. The first-order valence-electron chi connectivity index (χ1n) is 10.7. The predicted molar refractivity (Wildman–Crippen MR) is 109 cm³/mol. The quantitative estimate of drug-likeness (QED) is 0.792. The Hall–Kier alpha value is -2.68. The molecule has 2 saturated heterocycles. The number of fused-ring (bicyclic) bond motifs is 2. The number of likely N-dealkylation sites (tertiary alicyclic amines) is 1. The van der Waals surface area contributed by atoms with E-state index in [1.807, 2.05) is 4.90 Å². The number of hydrogen-bond acceptors (Lipinski definition) is 7. The summed E-state index contributed by atoms with van der Waals surface area (Å²) in [7, 11) is 0. The van der Waals surface area contributed by atoms with E-state index in [0.29, 0.717) is 49.6 Å². The van der Waals surface area contributed by atoms with Gasteiger partial charge in [0.1, 0.15) is 0 Å². The van der Waals surface area contributed by atoms with Gasteiger partial charge in [0.2, 0.25) is 11.7 Å². The van der Waals surface area contributed by atoms with Crippen molar-refractivity contribution in [2.75, 3.05) is 44.3 Å². The number of aromatic nitrogens is 3. The van der Waals surface area contributed by atoms with Crippen molar-refractivity contribution in [3.05, 3.63) is 39.0 Å². The van der Waals surface area contributed by atoms with E-state index in [2.05, 4.69) is 14.9 Å². The summed E-state index contributed by atoms with van der Waals surface area (Å²) in [5.74, 6) is 1.39. The lowest BCUT2D eigenvalue weighted by molar-refractivity contribution is 0.0629. The number of nitrogens with one attached hydrogen (secondary N) is 1. The Morgan fingerprint density at radius 2 is 1.80 bits per heavy atom. The lowest BCUT2D eigenvalue weighted by atomic mass is 9.76. The summed E-state index contributed by atoms with van der Waals surface area (Å²) in [5, 5.41) is 0. The smallest absolute Gasteiger partial charge is 0.291 e. The van der Waals surface area contributed by atoms with Crippen molar-refractivity contribution in [2.45, 2.75) is 44.9 Å². The van der Waals surface area contributed by atoms with Crippen LogP contribution in [0.2, 0.25) is 0 Å². The Kier molecular flexibility index (Phi) is 4.65. The topological polar surface area (TPSA) is 105 Å². The van der Waals surface area contributed by atoms with Crippen LogP contribution in [0.5, 0.6) is 0 Å². The predicted octanol–water partition coefficient (Wildman–Crippen LogP) is 1.33. The minimum Gasteiger partial charge on any atom is -0.436 e. The molecule has 4 heterocycles. The third-order valence-electron chi connectivity index (χ3n) is 6.78. The third-order valence-corrected chi connectivity index (χ3v) is 6.78. The molecule has 0 bridgehead atoms. The Balaban J connectivity index is 1.38. The van der Waals surface area contributed by atoms with Gasteiger partial charge in [0.15, 0.2) is 5.89 Å². The summed E-state index contributed by atoms with van der Waals surface area (Å²) in [6.45, 7) is 7.54. The molecule has 2 fully saturated rings. The van der Waals surface area contributed by atoms with E-state index in [0.717, 1.165) is 50.0 Å². The molecule has 3 aliphatic rings. The molecule has 1 aliphatic carbocycles. The van der Waals surface area contributed by atoms with Crippen LogP contribution in [0.4, 0.5) is 5.95 Å². The highest BCUT2D eigenvalue weighted by molar-refractivity contribution is 5.92. The van der Waals surface area contributed by atoms with Crippen LogP contribution in [0.1, 0.15) is 52.7 Å². The number of piperidine rings is 1. The molecule has 1 N–H and O–H groups in total. The zero-order valence-electron chi connectivity index (χ0n) is 17.5. The maximum absolute atomic E-state index is 12.9. The van der Waals surface area contributed by atoms with Crippen molar-refractivity contribution in [1.29, 1.82) is 0 Å². The highest BCUT2D eigenvalue weighted by Gasteiger charge is 2.45. The van der Waals surface area contributed by atoms with Crippen LogP contribution in [0, 0.1) is 13.8 Å². The highest BCUT2D eigenvalue weighted by Crippen LogP contribution is 2.44. The van der Waals surface area contributed by atoms with Crippen LogP contribution in [0.25, 0.3) is 0 Å². The summed E-state index contributed by atoms with van der Waals surface area (Å²) >= 11 is 0. The van der Waals surface area contributed by atoms with Crippen LogP contribution in [0.3, 0.4) is 0 Å². The van der Waals surface area contributed by atoms with Gasteiger partial charge in [-0.05, 0) is 32.6 Å². The lowest BCUT2D eigenvalue weighted by Crippen LogP contribution is -2.45. The number of anilines is 1. The van der Waals surface area contributed by atoms with Gasteiger partial charge in [0.25, 0.3) is 11.5 Å². The monoisotopic (exact) mass is 413 g/mol. The van der Waals surface area contributed by atoms with Crippen LogP contribution in [-0.4, -0.2) is 65.2 Å². The average Bonchev–Trinajstić information content (AvgIpc) is 3.28. The van der Waals surface area contributed by atoms with Crippen LogP contribution >= 0.6 is 0 Å². The van der Waals surface area contributed by atoms with E-state index in [9.17, 15) is 9.59 Å². The Bertz CT molecular complexity index is 1030. The minimum absolute atomic E-state index is 0.0235. The number of aromatic amines is 1. The molecule has 0 atom stereocenters. The largest absolute Gasteiger partial charge is 0.436 e. The fraction of sp³-hybridized carbons (Fsp3) is 0.619. The molecular formula is C21H27N5O4. The Morgan fingerprint density at radius 1 is 1.07 bits per heavy atom. The minimum atomic E-state index is -0.131. The van der Waals surface area contributed by atoms with E-state index in [4.69, 9.17) is 14.1 Å². The average molecular weight is 413 g/mol. The number of carbonyl (C=O) groups is 1. The zero-order valence-corrected chi connectivity index (χ0v) is 17.5. The van der Waals surface area contributed by atoms with E-state index in [-0.39, 0.29) is 16.9 Å². The van der Waals surface area contributed by atoms with Crippen molar-refractivity contribution in [2.24, 2.45) is 0 Å². The van der Waals surface area contributed by atoms with Crippen molar-refractivity contribution in [3.63, 3.8) is 0 Å². The van der Waals surface area contributed by atoms with E-state index >= 15 is 0 Å². The van der Waals surface area contributed by atoms with E-state index < -0.39 is 0 Å². The molecule has 0 aromatic carbocycles. The summed E-state index contributed by atoms with van der Waals surface area (Å²) in [6.07, 6.45) is 3.26. The van der Waals surface area contributed by atoms with Crippen LogP contribution in [0.15, 0.2) is 9.21 Å². The fourth-order valence-electron chi connectivity index (χ4n) is 5.06. The first-order chi connectivity index (χ1) is 14.5. The number of ether oxygens (including phenoxy) is 1. The van der Waals surface area contributed by atoms with Crippen molar-refractivity contribution >= 4 is 11.9 Å².